The van der Waals surface area contributed by atoms with Gasteiger partial charge in [-0.1, -0.05) is 144 Å². The SMILES string of the molecule is Cc1cc(C)c(O)c(-c2nc3c(-c4[c-]c(-c5cc(-c6ccccc6)ccn5)cc(C(C)(C)C)c4)cccc3n2-c2ccc(C(C)(C)C)cc2-c2ccccc2)c1.[Pt]. The van der Waals surface area contributed by atoms with Crippen molar-refractivity contribution in [1.29, 1.82) is 0 Å². The Bertz CT molecular complexity index is 2730. The molecule has 0 bridgehead atoms. The van der Waals surface area contributed by atoms with Crippen molar-refractivity contribution >= 4 is 11.0 Å². The van der Waals surface area contributed by atoms with Gasteiger partial charge in [-0.25, -0.2) is 4.98 Å². The van der Waals surface area contributed by atoms with E-state index in [4.69, 9.17) is 9.97 Å². The van der Waals surface area contributed by atoms with E-state index in [-0.39, 0.29) is 37.6 Å². The number of para-hydroxylation sites is 1. The number of hydrogen-bond donors (Lipinski definition) is 1. The number of benzene rings is 6. The Hall–Kier alpha value is -5.57. The molecule has 0 radical (unpaired) electrons. The number of aryl methyl sites for hydroxylation is 2. The van der Waals surface area contributed by atoms with Crippen LogP contribution in [0.2, 0.25) is 0 Å². The second-order valence-electron chi connectivity index (χ2n) is 17.0. The van der Waals surface area contributed by atoms with Gasteiger partial charge in [0.05, 0.1) is 22.3 Å². The van der Waals surface area contributed by atoms with Crippen LogP contribution in [0.3, 0.4) is 0 Å². The molecule has 6 aromatic carbocycles. The van der Waals surface area contributed by atoms with Crippen LogP contribution in [-0.4, -0.2) is 19.6 Å². The standard InChI is InChI=1S/C52H48N3O.Pt/c1-33-26-34(2)49(56)44(27-33)50-54-48-42(20-15-21-47(48)55(50)46-23-22-40(51(3,4)5)32-43(46)36-18-13-10-14-19-36)38-28-39(30-41(29-38)52(6,7)8)45-31-37(24-25-53-45)35-16-11-9-12-17-35;/h9-27,29-32,56H,1-8H3;/q-1;. The van der Waals surface area contributed by atoms with E-state index in [9.17, 15) is 5.11 Å². The number of pyridine rings is 1. The van der Waals surface area contributed by atoms with Gasteiger partial charge in [-0.05, 0) is 88.4 Å². The minimum atomic E-state index is -0.141. The van der Waals surface area contributed by atoms with Gasteiger partial charge in [0.25, 0.3) is 0 Å². The molecule has 0 saturated carbocycles. The largest absolute Gasteiger partial charge is 0.507 e. The van der Waals surface area contributed by atoms with Gasteiger partial charge in [0.15, 0.2) is 0 Å². The van der Waals surface area contributed by atoms with Crippen LogP contribution in [0.15, 0.2) is 140 Å². The van der Waals surface area contributed by atoms with Gasteiger partial charge in [0, 0.05) is 38.5 Å². The molecule has 0 atom stereocenters. The topological polar surface area (TPSA) is 50.9 Å². The van der Waals surface area contributed by atoms with E-state index in [0.717, 1.165) is 72.5 Å². The van der Waals surface area contributed by atoms with Crippen LogP contribution in [0.1, 0.15) is 63.8 Å². The van der Waals surface area contributed by atoms with Gasteiger partial charge in [0.1, 0.15) is 11.6 Å². The third kappa shape index (κ3) is 7.76. The second kappa shape index (κ2) is 15.4. The van der Waals surface area contributed by atoms with Crippen molar-refractivity contribution in [2.75, 3.05) is 0 Å². The summed E-state index contributed by atoms with van der Waals surface area (Å²) in [6.07, 6.45) is 1.88. The number of aromatic hydroxyl groups is 1. The van der Waals surface area contributed by atoms with Crippen molar-refractivity contribution in [2.24, 2.45) is 0 Å². The summed E-state index contributed by atoms with van der Waals surface area (Å²) in [5, 5.41) is 11.7. The third-order valence-corrected chi connectivity index (χ3v) is 10.7. The van der Waals surface area contributed by atoms with E-state index in [0.29, 0.717) is 11.4 Å². The molecule has 0 fully saturated rings. The van der Waals surface area contributed by atoms with Crippen LogP contribution in [0.5, 0.6) is 5.75 Å². The molecule has 0 unspecified atom stereocenters. The van der Waals surface area contributed by atoms with Crippen molar-refractivity contribution in [1.82, 2.24) is 14.5 Å². The number of rotatable bonds is 6. The quantitative estimate of drug-likeness (QED) is 0.169. The fourth-order valence-corrected chi connectivity index (χ4v) is 7.59. The van der Waals surface area contributed by atoms with Gasteiger partial charge in [0.2, 0.25) is 0 Å². The predicted octanol–water partition coefficient (Wildman–Crippen LogP) is 13.5. The van der Waals surface area contributed by atoms with Crippen LogP contribution in [0.25, 0.3) is 72.7 Å². The molecule has 0 saturated heterocycles. The zero-order chi connectivity index (χ0) is 39.4. The Labute approximate surface area is 351 Å². The molecule has 1 N–H and O–H groups in total. The Kier molecular flexibility index (Phi) is 10.7. The minimum absolute atomic E-state index is 0. The maximum Gasteiger partial charge on any atom is 0.148 e. The van der Waals surface area contributed by atoms with Crippen molar-refractivity contribution in [2.45, 2.75) is 66.2 Å². The number of aromatic nitrogens is 3. The summed E-state index contributed by atoms with van der Waals surface area (Å²) in [6.45, 7) is 17.5. The average Bonchev–Trinajstić information content (AvgIpc) is 3.58. The number of hydrogen-bond acceptors (Lipinski definition) is 3. The molecule has 8 rings (SSSR count). The minimum Gasteiger partial charge on any atom is -0.507 e. The summed E-state index contributed by atoms with van der Waals surface area (Å²) in [4.78, 5) is 10.4. The molecular formula is C52H48N3OPt-. The van der Waals surface area contributed by atoms with Crippen molar-refractivity contribution in [3.05, 3.63) is 168 Å². The summed E-state index contributed by atoms with van der Waals surface area (Å²) < 4.78 is 2.24. The first-order chi connectivity index (χ1) is 26.8. The third-order valence-electron chi connectivity index (χ3n) is 10.7. The van der Waals surface area contributed by atoms with E-state index in [1.54, 1.807) is 0 Å². The molecule has 5 heteroatoms. The van der Waals surface area contributed by atoms with Gasteiger partial charge in [-0.2, -0.15) is 0 Å². The number of phenolic OH excluding ortho intramolecular Hbond substituents is 1. The number of fused-ring (bicyclic) bond motifs is 1. The fraction of sp³-hybridized carbons (Fsp3) is 0.192. The van der Waals surface area contributed by atoms with Crippen LogP contribution < -0.4 is 0 Å². The van der Waals surface area contributed by atoms with Gasteiger partial charge in [-0.3, -0.25) is 9.55 Å². The number of phenols is 1. The molecule has 0 amide bonds. The Morgan fingerprint density at radius 1 is 0.579 bits per heavy atom. The van der Waals surface area contributed by atoms with Crippen LogP contribution in [0, 0.1) is 19.9 Å². The first-order valence-corrected chi connectivity index (χ1v) is 19.4. The molecule has 0 aliphatic heterocycles. The fourth-order valence-electron chi connectivity index (χ4n) is 7.59. The Morgan fingerprint density at radius 3 is 1.93 bits per heavy atom. The monoisotopic (exact) mass is 925 g/mol. The van der Waals surface area contributed by atoms with Crippen LogP contribution in [-0.2, 0) is 31.9 Å². The van der Waals surface area contributed by atoms with E-state index in [1.165, 1.54) is 11.1 Å². The maximum absolute atomic E-state index is 11.7. The van der Waals surface area contributed by atoms with E-state index < -0.39 is 0 Å². The number of nitrogens with zero attached hydrogens (tertiary/aromatic N) is 3. The Balaban J connectivity index is 0.00000496. The summed E-state index contributed by atoms with van der Waals surface area (Å²) in [5.74, 6) is 0.913. The van der Waals surface area contributed by atoms with Gasteiger partial charge < -0.3 is 5.11 Å². The Morgan fingerprint density at radius 2 is 1.25 bits per heavy atom. The summed E-state index contributed by atoms with van der Waals surface area (Å²) >= 11 is 0. The van der Waals surface area contributed by atoms with E-state index in [1.807, 2.05) is 31.3 Å². The molecule has 0 aliphatic carbocycles. The van der Waals surface area contributed by atoms with Crippen LogP contribution in [0.4, 0.5) is 0 Å². The van der Waals surface area contributed by atoms with E-state index >= 15 is 0 Å². The second-order valence-corrected chi connectivity index (χ2v) is 17.0. The molecular weight excluding hydrogens is 878 g/mol. The summed E-state index contributed by atoms with van der Waals surface area (Å²) in [7, 11) is 0. The maximum atomic E-state index is 11.7. The molecule has 4 nitrogen and oxygen atoms in total. The molecule has 8 aromatic rings. The van der Waals surface area contributed by atoms with Crippen molar-refractivity contribution < 1.29 is 26.2 Å². The van der Waals surface area contributed by atoms with E-state index in [2.05, 4.69) is 174 Å². The van der Waals surface area contributed by atoms with Crippen molar-refractivity contribution in [3.63, 3.8) is 0 Å². The normalized spacial score (nSPS) is 11.8. The van der Waals surface area contributed by atoms with Crippen LogP contribution >= 0.6 is 0 Å². The molecule has 2 heterocycles. The predicted molar refractivity (Wildman–Crippen MR) is 233 cm³/mol. The molecule has 0 aliphatic rings. The molecule has 2 aromatic heterocycles. The zero-order valence-electron chi connectivity index (χ0n) is 33.9. The molecule has 0 spiro atoms. The first-order valence-electron chi connectivity index (χ1n) is 19.4. The molecule has 57 heavy (non-hydrogen) atoms. The smallest absolute Gasteiger partial charge is 0.148 e. The first kappa shape index (κ1) is 39.7. The zero-order valence-corrected chi connectivity index (χ0v) is 36.2. The molecule has 288 valence electrons. The summed E-state index contributed by atoms with van der Waals surface area (Å²) in [6, 6.07) is 50.7. The van der Waals surface area contributed by atoms with Crippen molar-refractivity contribution in [3.8, 4) is 67.5 Å². The van der Waals surface area contributed by atoms with Gasteiger partial charge in [-0.15, -0.1) is 29.3 Å². The average molecular weight is 926 g/mol. The number of imidazole rings is 1. The summed E-state index contributed by atoms with van der Waals surface area (Å²) in [5.41, 5.74) is 15.7. The van der Waals surface area contributed by atoms with Gasteiger partial charge >= 0.3 is 0 Å².